The fourth-order valence-electron chi connectivity index (χ4n) is 7.21. The van der Waals surface area contributed by atoms with E-state index < -0.39 is 49.5 Å². The van der Waals surface area contributed by atoms with Crippen LogP contribution in [0.2, 0.25) is 16.6 Å². The number of ketones is 1. The molecule has 4 rings (SSSR count). The normalized spacial score (nSPS) is 16.9. The highest BCUT2D eigenvalue weighted by atomic mass is 28.4. The quantitative estimate of drug-likeness (QED) is 0.0569. The molecule has 0 spiro atoms. The summed E-state index contributed by atoms with van der Waals surface area (Å²) in [4.78, 5) is 55.0. The molecule has 276 valence electrons. The van der Waals surface area contributed by atoms with E-state index in [0.29, 0.717) is 23.0 Å². The van der Waals surface area contributed by atoms with E-state index in [4.69, 9.17) is 13.9 Å². The van der Waals surface area contributed by atoms with Gasteiger partial charge in [-0.25, -0.2) is 9.59 Å². The summed E-state index contributed by atoms with van der Waals surface area (Å²) in [6.45, 7) is 18.5. The van der Waals surface area contributed by atoms with E-state index in [-0.39, 0.29) is 31.4 Å². The Labute approximate surface area is 303 Å². The average Bonchev–Trinajstić information content (AvgIpc) is 3.62. The highest BCUT2D eigenvalue weighted by Gasteiger charge is 2.47. The fraction of sp³-hybridized carbons (Fsp3) is 0.500. The lowest BCUT2D eigenvalue weighted by molar-refractivity contribution is -0.150. The molecule has 51 heavy (non-hydrogen) atoms. The van der Waals surface area contributed by atoms with Gasteiger partial charge < -0.3 is 19.2 Å². The molecular formula is C40H55N3O7Si. The zero-order valence-corrected chi connectivity index (χ0v) is 32.6. The Morgan fingerprint density at radius 3 is 1.88 bits per heavy atom. The Bertz CT molecular complexity index is 1700. The van der Waals surface area contributed by atoms with Crippen molar-refractivity contribution < 1.29 is 28.3 Å². The van der Waals surface area contributed by atoms with E-state index in [2.05, 4.69) is 46.9 Å². The van der Waals surface area contributed by atoms with Gasteiger partial charge in [-0.15, -0.1) is 0 Å². The van der Waals surface area contributed by atoms with Gasteiger partial charge in [0.2, 0.25) is 8.32 Å². The van der Waals surface area contributed by atoms with Crippen molar-refractivity contribution in [3.8, 4) is 0 Å². The van der Waals surface area contributed by atoms with Gasteiger partial charge in [-0.05, 0) is 54.6 Å². The molecule has 1 heterocycles. The third-order valence-corrected chi connectivity index (χ3v) is 15.6. The zero-order valence-electron chi connectivity index (χ0n) is 31.6. The number of hydrogen-bond acceptors (Lipinski definition) is 7. The molecule has 3 aromatic rings. The Hall–Kier alpha value is -4.22. The minimum absolute atomic E-state index is 0.0393. The van der Waals surface area contributed by atoms with Crippen molar-refractivity contribution in [1.29, 1.82) is 0 Å². The zero-order chi connectivity index (χ0) is 37.5. The highest BCUT2D eigenvalue weighted by Crippen LogP contribution is 2.44. The maximum Gasteiger partial charge on any atom is 0.407 e. The van der Waals surface area contributed by atoms with Crippen molar-refractivity contribution in [3.05, 3.63) is 106 Å². The summed E-state index contributed by atoms with van der Waals surface area (Å²) in [5.41, 5.74) is 1.69. The summed E-state index contributed by atoms with van der Waals surface area (Å²) >= 11 is 0. The Balaban J connectivity index is 1.63. The molecule has 10 nitrogen and oxygen atoms in total. The van der Waals surface area contributed by atoms with E-state index in [1.165, 1.54) is 15.3 Å². The molecule has 2 aromatic carbocycles. The van der Waals surface area contributed by atoms with Crippen LogP contribution in [0.25, 0.3) is 0 Å². The van der Waals surface area contributed by atoms with Crippen LogP contribution in [0.4, 0.5) is 4.79 Å². The van der Waals surface area contributed by atoms with Crippen molar-refractivity contribution in [1.82, 2.24) is 14.5 Å². The first-order valence-electron chi connectivity index (χ1n) is 18.0. The molecule has 0 saturated carbocycles. The first-order chi connectivity index (χ1) is 24.0. The number of aromatic nitrogens is 2. The lowest BCUT2D eigenvalue weighted by atomic mass is 10.0. The van der Waals surface area contributed by atoms with Gasteiger partial charge in [0.1, 0.15) is 23.3 Å². The van der Waals surface area contributed by atoms with Crippen molar-refractivity contribution in [3.63, 3.8) is 0 Å². The second-order valence-electron chi connectivity index (χ2n) is 15.4. The summed E-state index contributed by atoms with van der Waals surface area (Å²) in [5.74, 6) is -2.90. The van der Waals surface area contributed by atoms with Crippen molar-refractivity contribution >= 4 is 26.2 Å². The number of imidazole rings is 1. The van der Waals surface area contributed by atoms with Crippen LogP contribution >= 0.6 is 0 Å². The van der Waals surface area contributed by atoms with Crippen LogP contribution in [0.1, 0.15) is 90.3 Å². The first-order valence-corrected chi connectivity index (χ1v) is 20.1. The van der Waals surface area contributed by atoms with Crippen LogP contribution in [-0.4, -0.2) is 59.7 Å². The molecule has 1 aliphatic carbocycles. The van der Waals surface area contributed by atoms with Gasteiger partial charge >= 0.3 is 17.8 Å². The van der Waals surface area contributed by atoms with Gasteiger partial charge in [0.25, 0.3) is 0 Å². The number of Topliss-reactive ketones (excluding diaryl/α,β-unsaturated/α-hetero) is 1. The number of nitrogens with one attached hydrogen (secondary N) is 1. The molecular weight excluding hydrogens is 663 g/mol. The number of alkyl carbamates (subject to hydrolysis) is 1. The van der Waals surface area contributed by atoms with Gasteiger partial charge in [0, 0.05) is 19.2 Å². The van der Waals surface area contributed by atoms with E-state index in [1.54, 1.807) is 20.8 Å². The monoisotopic (exact) mass is 717 g/mol. The summed E-state index contributed by atoms with van der Waals surface area (Å²) in [6.07, 6.45) is 4.06. The summed E-state index contributed by atoms with van der Waals surface area (Å²) in [7, 11) is -2.20. The summed E-state index contributed by atoms with van der Waals surface area (Å²) < 4.78 is 21.1. The van der Waals surface area contributed by atoms with Crippen LogP contribution < -0.4 is 11.0 Å². The van der Waals surface area contributed by atoms with Crippen LogP contribution in [0.3, 0.4) is 0 Å². The van der Waals surface area contributed by atoms with Crippen molar-refractivity contribution in [2.24, 2.45) is 5.92 Å². The topological polar surface area (TPSA) is 118 Å². The number of rotatable bonds is 15. The number of benzene rings is 2. The van der Waals surface area contributed by atoms with Crippen LogP contribution in [-0.2, 0) is 31.8 Å². The number of amides is 1. The van der Waals surface area contributed by atoms with Crippen LogP contribution in [0.5, 0.6) is 0 Å². The van der Waals surface area contributed by atoms with Gasteiger partial charge in [-0.3, -0.25) is 18.7 Å². The molecule has 1 N–H and O–H groups in total. The Morgan fingerprint density at radius 2 is 1.35 bits per heavy atom. The van der Waals surface area contributed by atoms with Gasteiger partial charge in [0.15, 0.2) is 5.78 Å². The second kappa shape index (κ2) is 16.9. The summed E-state index contributed by atoms with van der Waals surface area (Å²) in [6, 6.07) is 18.8. The minimum atomic E-state index is -2.20. The van der Waals surface area contributed by atoms with E-state index in [1.807, 2.05) is 72.8 Å². The number of nitrogens with zero attached hydrogens (tertiary/aromatic N) is 2. The number of hydrogen-bond donors (Lipinski definition) is 1. The molecule has 0 aliphatic heterocycles. The van der Waals surface area contributed by atoms with Gasteiger partial charge in [-0.1, -0.05) is 108 Å². The Kier molecular flexibility index (Phi) is 13.1. The third-order valence-electron chi connectivity index (χ3n) is 9.46. The lowest BCUT2D eigenvalue weighted by Crippen LogP contribution is -2.50. The van der Waals surface area contributed by atoms with Crippen molar-refractivity contribution in [2.45, 2.75) is 116 Å². The molecule has 0 saturated heterocycles. The molecule has 0 fully saturated rings. The maximum absolute atomic E-state index is 14.5. The van der Waals surface area contributed by atoms with Gasteiger partial charge in [-0.2, -0.15) is 0 Å². The number of esters is 1. The maximum atomic E-state index is 14.5. The molecule has 3 atom stereocenters. The minimum Gasteiger partial charge on any atom is -0.457 e. The number of ether oxygens (including phenoxy) is 2. The largest absolute Gasteiger partial charge is 0.457 e. The molecule has 0 bridgehead atoms. The van der Waals surface area contributed by atoms with E-state index in [9.17, 15) is 19.2 Å². The Morgan fingerprint density at radius 1 is 0.824 bits per heavy atom. The second-order valence-corrected chi connectivity index (χ2v) is 20.8. The summed E-state index contributed by atoms with van der Waals surface area (Å²) in [5, 5.41) is 2.59. The third kappa shape index (κ3) is 9.98. The lowest BCUT2D eigenvalue weighted by Gasteiger charge is -2.43. The molecule has 11 heteroatoms. The van der Waals surface area contributed by atoms with E-state index >= 15 is 0 Å². The molecule has 1 amide bonds. The van der Waals surface area contributed by atoms with Crippen LogP contribution in [0, 0.1) is 5.92 Å². The first kappa shape index (κ1) is 39.6. The molecule has 0 radical (unpaired) electrons. The van der Waals surface area contributed by atoms with Crippen molar-refractivity contribution in [2.75, 3.05) is 6.54 Å². The number of carbonyl (C=O) groups is 3. The smallest absolute Gasteiger partial charge is 0.407 e. The van der Waals surface area contributed by atoms with Crippen LogP contribution in [0.15, 0.2) is 83.8 Å². The standard InChI is InChI=1S/C40H55N3O7Si/c1-27(2)51(28(3)4,29(5)6)50-33-21-20-32(22-33)48-37(45)34(23-41-38(46)49-40(7,8)9)36(44)35-26-42(24-30-16-12-10-13-17-30)39(47)43(35)25-31-18-14-11-15-19-31/h10-21,26-29,32-34H,22-25H2,1-9H3,(H,41,46)/t32-,33-,34?/m1/s1. The molecule has 1 unspecified atom stereocenters. The predicted octanol–water partition coefficient (Wildman–Crippen LogP) is 7.50. The fourth-order valence-corrected chi connectivity index (χ4v) is 12.7. The number of carbonyl (C=O) groups excluding carboxylic acids is 3. The molecule has 1 aromatic heterocycles. The average molecular weight is 718 g/mol. The van der Waals surface area contributed by atoms with Gasteiger partial charge in [0.05, 0.1) is 19.2 Å². The molecule has 1 aliphatic rings. The highest BCUT2D eigenvalue weighted by molar-refractivity contribution is 6.77. The van der Waals surface area contributed by atoms with E-state index in [0.717, 1.165) is 11.1 Å². The SMILES string of the molecule is CC(C)[Si](O[C@@H]1C=C[C@@H](OC(=O)C(CNC(=O)OC(C)(C)C)C(=O)c2cn(Cc3ccccc3)c(=O)n2Cc2ccccc2)C1)(C(C)C)C(C)C. The predicted molar refractivity (Wildman–Crippen MR) is 201 cm³/mol.